The van der Waals surface area contributed by atoms with Gasteiger partial charge in [0.1, 0.15) is 6.04 Å². The number of urea groups is 1. The third kappa shape index (κ3) is 4.38. The average molecular weight is 272 g/mol. The molecule has 0 aromatic heterocycles. The highest BCUT2D eigenvalue weighted by Crippen LogP contribution is 2.24. The normalized spacial score (nSPS) is 28.2. The minimum absolute atomic E-state index is 0.0772. The molecule has 1 heterocycles. The summed E-state index contributed by atoms with van der Waals surface area (Å²) < 4.78 is 5.43. The van der Waals surface area contributed by atoms with Gasteiger partial charge in [0.2, 0.25) is 0 Å². The van der Waals surface area contributed by atoms with Crippen LogP contribution in [0.4, 0.5) is 4.79 Å². The van der Waals surface area contributed by atoms with Crippen molar-refractivity contribution in [2.45, 2.75) is 58.2 Å². The Labute approximate surface area is 113 Å². The third-order valence-electron chi connectivity index (χ3n) is 3.60. The molecular formula is C13H24N2O4. The van der Waals surface area contributed by atoms with Gasteiger partial charge in [-0.05, 0) is 32.6 Å². The Kier molecular flexibility index (Phi) is 5.17. The number of carboxylic acids is 1. The summed E-state index contributed by atoms with van der Waals surface area (Å²) in [5.41, 5.74) is -0.440. The number of carbonyl (C=O) groups is 2. The molecule has 0 saturated carbocycles. The lowest BCUT2D eigenvalue weighted by Crippen LogP contribution is -2.56. The highest BCUT2D eigenvalue weighted by molar-refractivity contribution is 5.82. The molecule has 2 amide bonds. The van der Waals surface area contributed by atoms with Gasteiger partial charge in [-0.3, -0.25) is 0 Å². The van der Waals surface area contributed by atoms with E-state index in [9.17, 15) is 9.59 Å². The summed E-state index contributed by atoms with van der Waals surface area (Å²) >= 11 is 0. The number of hydrogen-bond donors (Lipinski definition) is 3. The molecule has 0 aromatic rings. The second-order valence-electron chi connectivity index (χ2n) is 5.80. The van der Waals surface area contributed by atoms with Crippen molar-refractivity contribution in [3.05, 3.63) is 0 Å². The van der Waals surface area contributed by atoms with E-state index < -0.39 is 23.6 Å². The molecule has 1 aliphatic rings. The van der Waals surface area contributed by atoms with Crippen molar-refractivity contribution >= 4 is 12.0 Å². The monoisotopic (exact) mass is 272 g/mol. The quantitative estimate of drug-likeness (QED) is 0.705. The predicted molar refractivity (Wildman–Crippen MR) is 71.0 cm³/mol. The fourth-order valence-electron chi connectivity index (χ4n) is 2.15. The highest BCUT2D eigenvalue weighted by atomic mass is 16.5. The van der Waals surface area contributed by atoms with Crippen LogP contribution in [-0.4, -0.2) is 41.4 Å². The van der Waals surface area contributed by atoms with Crippen molar-refractivity contribution in [3.8, 4) is 0 Å². The number of aliphatic carboxylic acids is 1. The number of amides is 2. The van der Waals surface area contributed by atoms with Crippen LogP contribution in [0.1, 0.15) is 40.5 Å². The second kappa shape index (κ2) is 6.23. The van der Waals surface area contributed by atoms with Gasteiger partial charge < -0.3 is 20.5 Å². The van der Waals surface area contributed by atoms with Gasteiger partial charge in [0.15, 0.2) is 0 Å². The summed E-state index contributed by atoms with van der Waals surface area (Å²) in [5.74, 6) is -0.810. The molecule has 0 spiro atoms. The lowest BCUT2D eigenvalue weighted by atomic mass is 9.95. The molecule has 3 atom stereocenters. The van der Waals surface area contributed by atoms with Crippen molar-refractivity contribution in [1.29, 1.82) is 0 Å². The molecular weight excluding hydrogens is 248 g/mol. The lowest BCUT2D eigenvalue weighted by Gasteiger charge is -2.29. The Bertz CT molecular complexity index is 346. The summed E-state index contributed by atoms with van der Waals surface area (Å²) in [6, 6.07) is -1.31. The molecule has 1 saturated heterocycles. The van der Waals surface area contributed by atoms with Gasteiger partial charge in [-0.2, -0.15) is 0 Å². The average Bonchev–Trinajstić information content (AvgIpc) is 2.57. The van der Waals surface area contributed by atoms with E-state index >= 15 is 0 Å². The van der Waals surface area contributed by atoms with E-state index in [2.05, 4.69) is 10.6 Å². The maximum absolute atomic E-state index is 11.9. The molecule has 3 N–H and O–H groups in total. The minimum atomic E-state index is -1.01. The summed E-state index contributed by atoms with van der Waals surface area (Å²) in [6.45, 7) is 8.25. The van der Waals surface area contributed by atoms with Crippen LogP contribution < -0.4 is 10.6 Å². The first kappa shape index (κ1) is 15.8. The SMILES string of the molecule is CC(C)C[C@@H](NC(=O)NC1(C)CCOC1C)C(=O)O. The van der Waals surface area contributed by atoms with Crippen molar-refractivity contribution in [2.75, 3.05) is 6.61 Å². The largest absolute Gasteiger partial charge is 0.480 e. The number of ether oxygens (including phenoxy) is 1. The van der Waals surface area contributed by atoms with Gasteiger partial charge >= 0.3 is 12.0 Å². The Morgan fingerprint density at radius 1 is 1.47 bits per heavy atom. The fraction of sp³-hybridized carbons (Fsp3) is 0.846. The molecule has 0 aromatic carbocycles. The molecule has 0 aliphatic carbocycles. The standard InChI is InChI=1S/C13H24N2O4/c1-8(2)7-10(11(16)17)14-12(18)15-13(4)5-6-19-9(13)3/h8-10H,5-7H2,1-4H3,(H,16,17)(H2,14,15,18)/t9?,10-,13?/m1/s1. The summed E-state index contributed by atoms with van der Waals surface area (Å²) in [4.78, 5) is 23.0. The number of hydrogen-bond acceptors (Lipinski definition) is 3. The lowest BCUT2D eigenvalue weighted by molar-refractivity contribution is -0.139. The Morgan fingerprint density at radius 2 is 2.11 bits per heavy atom. The summed E-state index contributed by atoms with van der Waals surface area (Å²) in [6.07, 6.45) is 1.06. The van der Waals surface area contributed by atoms with E-state index in [1.807, 2.05) is 27.7 Å². The maximum Gasteiger partial charge on any atom is 0.326 e. The summed E-state index contributed by atoms with van der Waals surface area (Å²) in [7, 11) is 0. The van der Waals surface area contributed by atoms with Gasteiger partial charge in [-0.1, -0.05) is 13.8 Å². The zero-order valence-corrected chi connectivity index (χ0v) is 12.0. The van der Waals surface area contributed by atoms with Crippen molar-refractivity contribution in [2.24, 2.45) is 5.92 Å². The van der Waals surface area contributed by atoms with E-state index in [4.69, 9.17) is 9.84 Å². The van der Waals surface area contributed by atoms with Crippen LogP contribution in [0.15, 0.2) is 0 Å². The van der Waals surface area contributed by atoms with Crippen molar-refractivity contribution in [1.82, 2.24) is 10.6 Å². The first-order chi connectivity index (χ1) is 8.74. The van der Waals surface area contributed by atoms with E-state index in [0.717, 1.165) is 6.42 Å². The molecule has 19 heavy (non-hydrogen) atoms. The zero-order chi connectivity index (χ0) is 14.6. The molecule has 6 heteroatoms. The van der Waals surface area contributed by atoms with E-state index in [1.165, 1.54) is 0 Å². The van der Waals surface area contributed by atoms with Crippen molar-refractivity contribution in [3.63, 3.8) is 0 Å². The van der Waals surface area contributed by atoms with Gasteiger partial charge in [-0.25, -0.2) is 9.59 Å². The van der Waals surface area contributed by atoms with E-state index in [-0.39, 0.29) is 12.0 Å². The molecule has 1 aliphatic heterocycles. The van der Waals surface area contributed by atoms with E-state index in [0.29, 0.717) is 13.0 Å². The molecule has 2 unspecified atom stereocenters. The number of nitrogens with one attached hydrogen (secondary N) is 2. The Balaban J connectivity index is 2.55. The molecule has 110 valence electrons. The van der Waals surface area contributed by atoms with Crippen LogP contribution in [-0.2, 0) is 9.53 Å². The van der Waals surface area contributed by atoms with Crippen LogP contribution in [0, 0.1) is 5.92 Å². The molecule has 1 rings (SSSR count). The predicted octanol–water partition coefficient (Wildman–Crippen LogP) is 1.35. The Hall–Kier alpha value is -1.30. The van der Waals surface area contributed by atoms with Gasteiger partial charge in [-0.15, -0.1) is 0 Å². The van der Waals surface area contributed by atoms with Crippen LogP contribution >= 0.6 is 0 Å². The van der Waals surface area contributed by atoms with Crippen LogP contribution in [0.2, 0.25) is 0 Å². The highest BCUT2D eigenvalue weighted by Gasteiger charge is 2.38. The first-order valence-electron chi connectivity index (χ1n) is 6.67. The fourth-order valence-corrected chi connectivity index (χ4v) is 2.15. The van der Waals surface area contributed by atoms with Gasteiger partial charge in [0.25, 0.3) is 0 Å². The number of carboxylic acid groups (broad SMARTS) is 1. The second-order valence-corrected chi connectivity index (χ2v) is 5.80. The number of carbonyl (C=O) groups excluding carboxylic acids is 1. The number of rotatable bonds is 5. The van der Waals surface area contributed by atoms with Crippen LogP contribution in [0.3, 0.4) is 0 Å². The first-order valence-corrected chi connectivity index (χ1v) is 6.67. The smallest absolute Gasteiger partial charge is 0.326 e. The van der Waals surface area contributed by atoms with Crippen molar-refractivity contribution < 1.29 is 19.4 Å². The maximum atomic E-state index is 11.9. The molecule has 1 fully saturated rings. The summed E-state index contributed by atoms with van der Waals surface area (Å²) in [5, 5.41) is 14.4. The van der Waals surface area contributed by atoms with E-state index in [1.54, 1.807) is 0 Å². The minimum Gasteiger partial charge on any atom is -0.480 e. The molecule has 0 bridgehead atoms. The molecule has 6 nitrogen and oxygen atoms in total. The molecule has 0 radical (unpaired) electrons. The van der Waals surface area contributed by atoms with Gasteiger partial charge in [0, 0.05) is 6.61 Å². The van der Waals surface area contributed by atoms with Crippen LogP contribution in [0.5, 0.6) is 0 Å². The zero-order valence-electron chi connectivity index (χ0n) is 12.0. The third-order valence-corrected chi connectivity index (χ3v) is 3.60. The topological polar surface area (TPSA) is 87.7 Å². The van der Waals surface area contributed by atoms with Crippen LogP contribution in [0.25, 0.3) is 0 Å². The van der Waals surface area contributed by atoms with Gasteiger partial charge in [0.05, 0.1) is 11.6 Å². The Morgan fingerprint density at radius 3 is 2.53 bits per heavy atom.